The van der Waals surface area contributed by atoms with Gasteiger partial charge >= 0.3 is 0 Å². The molecule has 1 amide bonds. The Bertz CT molecular complexity index is 1170. The van der Waals surface area contributed by atoms with Crippen LogP contribution in [0.4, 0.5) is 10.1 Å². The smallest absolute Gasteiger partial charge is 0.248 e. The number of aromatic nitrogens is 6. The summed E-state index contributed by atoms with van der Waals surface area (Å²) in [7, 11) is 0. The molecule has 4 aromatic rings. The second-order valence-corrected chi connectivity index (χ2v) is 6.56. The van der Waals surface area contributed by atoms with Crippen molar-refractivity contribution >= 4 is 11.6 Å². The Balaban J connectivity index is 1.44. The summed E-state index contributed by atoms with van der Waals surface area (Å²) in [5.74, 6) is -0.446. The molecule has 29 heavy (non-hydrogen) atoms. The van der Waals surface area contributed by atoms with Crippen molar-refractivity contribution in [2.45, 2.75) is 20.4 Å². The zero-order valence-electron chi connectivity index (χ0n) is 15.9. The molecular formula is C20H18FN7O. The fourth-order valence-electron chi connectivity index (χ4n) is 2.97. The quantitative estimate of drug-likeness (QED) is 0.565. The molecule has 0 spiro atoms. The van der Waals surface area contributed by atoms with Gasteiger partial charge in [-0.2, -0.15) is 9.90 Å². The zero-order chi connectivity index (χ0) is 20.4. The molecule has 0 aliphatic heterocycles. The van der Waals surface area contributed by atoms with Gasteiger partial charge in [-0.15, -0.1) is 10.2 Å². The molecule has 0 bridgehead atoms. The summed E-state index contributed by atoms with van der Waals surface area (Å²) in [4.78, 5) is 13.5. The average Bonchev–Trinajstić information content (AvgIpc) is 3.28. The Kier molecular flexibility index (Phi) is 4.86. The minimum absolute atomic E-state index is 0.138. The normalized spacial score (nSPS) is 10.9. The van der Waals surface area contributed by atoms with Crippen LogP contribution in [0.3, 0.4) is 0 Å². The predicted molar refractivity (Wildman–Crippen MR) is 105 cm³/mol. The third kappa shape index (κ3) is 4.03. The number of nitrogens with zero attached hydrogens (tertiary/aromatic N) is 6. The van der Waals surface area contributed by atoms with Crippen LogP contribution in [0, 0.1) is 19.7 Å². The van der Waals surface area contributed by atoms with E-state index in [1.54, 1.807) is 12.1 Å². The molecule has 0 aliphatic rings. The summed E-state index contributed by atoms with van der Waals surface area (Å²) >= 11 is 0. The Morgan fingerprint density at radius 1 is 1.07 bits per heavy atom. The summed E-state index contributed by atoms with van der Waals surface area (Å²) in [6.45, 7) is 3.56. The number of carbonyl (C=O) groups excluding carboxylic acids is 1. The number of rotatable bonds is 5. The van der Waals surface area contributed by atoms with E-state index in [9.17, 15) is 9.18 Å². The number of nitrogens with one attached hydrogen (secondary N) is 1. The lowest BCUT2D eigenvalue weighted by molar-refractivity contribution is -0.117. The van der Waals surface area contributed by atoms with Gasteiger partial charge in [0, 0.05) is 16.9 Å². The van der Waals surface area contributed by atoms with Gasteiger partial charge in [0.15, 0.2) is 5.82 Å². The number of hydrogen-bond donors (Lipinski definition) is 1. The van der Waals surface area contributed by atoms with Crippen molar-refractivity contribution in [1.29, 1.82) is 0 Å². The Labute approximate surface area is 166 Å². The van der Waals surface area contributed by atoms with Crippen molar-refractivity contribution in [1.82, 2.24) is 30.0 Å². The van der Waals surface area contributed by atoms with Gasteiger partial charge in [0.25, 0.3) is 0 Å². The topological polar surface area (TPSA) is 90.5 Å². The Morgan fingerprint density at radius 3 is 2.55 bits per heavy atom. The molecule has 0 saturated heterocycles. The maximum atomic E-state index is 14.5. The molecular weight excluding hydrogens is 373 g/mol. The standard InChI is InChI=1S/C20H18FN7O/c1-13-10-14(2)28(24-13)18-9-8-16(11-17(18)21)22-19(29)12-27-25-20(23-26-27)15-6-4-3-5-7-15/h3-11H,12H2,1-2H3,(H,22,29). The van der Waals surface area contributed by atoms with E-state index in [0.717, 1.165) is 17.0 Å². The largest absolute Gasteiger partial charge is 0.324 e. The maximum absolute atomic E-state index is 14.5. The first kappa shape index (κ1) is 18.5. The van der Waals surface area contributed by atoms with Gasteiger partial charge in [-0.25, -0.2) is 9.07 Å². The number of halogens is 1. The second kappa shape index (κ2) is 7.63. The van der Waals surface area contributed by atoms with E-state index < -0.39 is 5.82 Å². The molecule has 2 heterocycles. The zero-order valence-corrected chi connectivity index (χ0v) is 15.9. The fraction of sp³-hybridized carbons (Fsp3) is 0.150. The lowest BCUT2D eigenvalue weighted by Gasteiger charge is -2.09. The summed E-state index contributed by atoms with van der Waals surface area (Å²) in [6, 6.07) is 15.7. The molecule has 0 aliphatic carbocycles. The van der Waals surface area contributed by atoms with Crippen molar-refractivity contribution < 1.29 is 9.18 Å². The third-order valence-electron chi connectivity index (χ3n) is 4.24. The van der Waals surface area contributed by atoms with Gasteiger partial charge in [-0.05, 0) is 43.3 Å². The molecule has 1 N–H and O–H groups in total. The summed E-state index contributed by atoms with van der Waals surface area (Å²) in [5, 5.41) is 18.9. The maximum Gasteiger partial charge on any atom is 0.248 e. The minimum Gasteiger partial charge on any atom is -0.324 e. The van der Waals surface area contributed by atoms with E-state index in [-0.39, 0.29) is 12.5 Å². The third-order valence-corrected chi connectivity index (χ3v) is 4.24. The highest BCUT2D eigenvalue weighted by Crippen LogP contribution is 2.20. The second-order valence-electron chi connectivity index (χ2n) is 6.56. The lowest BCUT2D eigenvalue weighted by atomic mass is 10.2. The number of hydrogen-bond acceptors (Lipinski definition) is 5. The van der Waals surface area contributed by atoms with Crippen LogP contribution in [-0.4, -0.2) is 35.9 Å². The molecule has 4 rings (SSSR count). The number of amides is 1. The minimum atomic E-state index is -0.487. The van der Waals surface area contributed by atoms with Crippen LogP contribution < -0.4 is 5.32 Å². The Morgan fingerprint density at radius 2 is 1.86 bits per heavy atom. The first-order valence-electron chi connectivity index (χ1n) is 8.96. The highest BCUT2D eigenvalue weighted by Gasteiger charge is 2.13. The molecule has 2 aromatic carbocycles. The molecule has 2 aromatic heterocycles. The van der Waals surface area contributed by atoms with Crippen LogP contribution in [0.5, 0.6) is 0 Å². The Hall–Kier alpha value is -3.88. The van der Waals surface area contributed by atoms with Crippen LogP contribution in [-0.2, 0) is 11.3 Å². The number of tetrazole rings is 1. The monoisotopic (exact) mass is 391 g/mol. The van der Waals surface area contributed by atoms with Crippen LogP contribution in [0.25, 0.3) is 17.1 Å². The molecule has 0 unspecified atom stereocenters. The van der Waals surface area contributed by atoms with Crippen LogP contribution >= 0.6 is 0 Å². The molecule has 8 nitrogen and oxygen atoms in total. The van der Waals surface area contributed by atoms with E-state index in [2.05, 4.69) is 25.8 Å². The summed E-state index contributed by atoms with van der Waals surface area (Å²) in [5.41, 5.74) is 3.08. The first-order valence-corrected chi connectivity index (χ1v) is 8.96. The van der Waals surface area contributed by atoms with Crippen molar-refractivity contribution in [3.8, 4) is 17.1 Å². The van der Waals surface area contributed by atoms with Gasteiger partial charge in [-0.3, -0.25) is 4.79 Å². The van der Waals surface area contributed by atoms with Crippen molar-refractivity contribution in [3.63, 3.8) is 0 Å². The number of benzene rings is 2. The molecule has 0 fully saturated rings. The van der Waals surface area contributed by atoms with Crippen molar-refractivity contribution in [2.75, 3.05) is 5.32 Å². The van der Waals surface area contributed by atoms with Crippen LogP contribution in [0.2, 0.25) is 0 Å². The molecule has 0 radical (unpaired) electrons. The van der Waals surface area contributed by atoms with E-state index in [1.807, 2.05) is 50.2 Å². The number of carbonyl (C=O) groups is 1. The highest BCUT2D eigenvalue weighted by molar-refractivity contribution is 5.90. The van der Waals surface area contributed by atoms with E-state index >= 15 is 0 Å². The van der Waals surface area contributed by atoms with Gasteiger partial charge in [0.05, 0.1) is 5.69 Å². The van der Waals surface area contributed by atoms with Crippen molar-refractivity contribution in [3.05, 3.63) is 71.8 Å². The summed E-state index contributed by atoms with van der Waals surface area (Å²) in [6.07, 6.45) is 0. The van der Waals surface area contributed by atoms with Gasteiger partial charge in [-0.1, -0.05) is 30.3 Å². The van der Waals surface area contributed by atoms with E-state index in [4.69, 9.17) is 0 Å². The first-order chi connectivity index (χ1) is 14.0. The SMILES string of the molecule is Cc1cc(C)n(-c2ccc(NC(=O)Cn3nnc(-c4ccccc4)n3)cc2F)n1. The highest BCUT2D eigenvalue weighted by atomic mass is 19.1. The van der Waals surface area contributed by atoms with Crippen LogP contribution in [0.15, 0.2) is 54.6 Å². The van der Waals surface area contributed by atoms with Crippen molar-refractivity contribution in [2.24, 2.45) is 0 Å². The van der Waals surface area contributed by atoms with E-state index in [0.29, 0.717) is 17.2 Å². The van der Waals surface area contributed by atoms with Gasteiger partial charge in [0.2, 0.25) is 11.7 Å². The fourth-order valence-corrected chi connectivity index (χ4v) is 2.97. The average molecular weight is 391 g/mol. The van der Waals surface area contributed by atoms with E-state index in [1.165, 1.54) is 15.5 Å². The predicted octanol–water partition coefficient (Wildman–Crippen LogP) is 2.92. The number of anilines is 1. The molecule has 0 atom stereocenters. The molecule has 146 valence electrons. The summed E-state index contributed by atoms with van der Waals surface area (Å²) < 4.78 is 16.1. The van der Waals surface area contributed by atoms with Gasteiger partial charge < -0.3 is 5.32 Å². The molecule has 9 heteroatoms. The molecule has 0 saturated carbocycles. The number of aryl methyl sites for hydroxylation is 2. The lowest BCUT2D eigenvalue weighted by Crippen LogP contribution is -2.20. The van der Waals surface area contributed by atoms with Gasteiger partial charge in [0.1, 0.15) is 12.2 Å². The van der Waals surface area contributed by atoms with Crippen LogP contribution in [0.1, 0.15) is 11.4 Å².